The van der Waals surface area contributed by atoms with E-state index in [0.717, 1.165) is 23.9 Å². The van der Waals surface area contributed by atoms with Crippen LogP contribution in [0.1, 0.15) is 51.6 Å². The predicted molar refractivity (Wildman–Crippen MR) is 85.0 cm³/mol. The van der Waals surface area contributed by atoms with Gasteiger partial charge in [-0.2, -0.15) is 0 Å². The van der Waals surface area contributed by atoms with Gasteiger partial charge in [-0.05, 0) is 54.8 Å². The quantitative estimate of drug-likeness (QED) is 0.859. The Balaban J connectivity index is 2.20. The van der Waals surface area contributed by atoms with Crippen LogP contribution >= 0.6 is 0 Å². The van der Waals surface area contributed by atoms with Gasteiger partial charge in [0.25, 0.3) is 0 Å². The van der Waals surface area contributed by atoms with E-state index in [9.17, 15) is 4.39 Å². The molecule has 0 saturated heterocycles. The second-order valence-corrected chi connectivity index (χ2v) is 6.46. The first kappa shape index (κ1) is 16.3. The fraction of sp³-hybridized carbons (Fsp3) is 0.667. The molecule has 1 N–H and O–H groups in total. The molecule has 4 atom stereocenters. The highest BCUT2D eigenvalue weighted by Crippen LogP contribution is 2.40. The number of hydrogen-bond donors (Lipinski definition) is 1. The first-order valence-corrected chi connectivity index (χ1v) is 8.13. The topological polar surface area (TPSA) is 21.3 Å². The number of nitrogens with one attached hydrogen (secondary N) is 1. The highest BCUT2D eigenvalue weighted by atomic mass is 19.1. The fourth-order valence-electron chi connectivity index (χ4n) is 3.54. The zero-order chi connectivity index (χ0) is 15.4. The lowest BCUT2D eigenvalue weighted by Crippen LogP contribution is -2.33. The predicted octanol–water partition coefficient (Wildman–Crippen LogP) is 4.56. The molecule has 4 unspecified atom stereocenters. The van der Waals surface area contributed by atoms with Crippen molar-refractivity contribution in [2.45, 2.75) is 46.1 Å². The van der Waals surface area contributed by atoms with E-state index in [1.807, 2.05) is 6.07 Å². The average molecular weight is 293 g/mol. The maximum absolute atomic E-state index is 14.0. The zero-order valence-electron chi connectivity index (χ0n) is 13.7. The van der Waals surface area contributed by atoms with Crippen molar-refractivity contribution < 1.29 is 9.13 Å². The Morgan fingerprint density at radius 2 is 2.05 bits per heavy atom. The summed E-state index contributed by atoms with van der Waals surface area (Å²) in [4.78, 5) is 0. The molecule has 3 heteroatoms. The Bertz CT molecular complexity index is 463. The maximum Gasteiger partial charge on any atom is 0.165 e. The first-order valence-electron chi connectivity index (χ1n) is 8.13. The molecule has 1 aromatic carbocycles. The van der Waals surface area contributed by atoms with Gasteiger partial charge in [0.1, 0.15) is 0 Å². The minimum Gasteiger partial charge on any atom is -0.494 e. The first-order chi connectivity index (χ1) is 10.1. The lowest BCUT2D eigenvalue weighted by molar-refractivity contribution is 0.172. The minimum absolute atomic E-state index is 0.241. The van der Waals surface area contributed by atoms with Crippen LogP contribution in [-0.4, -0.2) is 13.7 Å². The summed E-state index contributed by atoms with van der Waals surface area (Å²) >= 11 is 0. The molecule has 2 nitrogen and oxygen atoms in total. The van der Waals surface area contributed by atoms with Crippen LogP contribution in [0.4, 0.5) is 4.39 Å². The second kappa shape index (κ2) is 7.26. The minimum atomic E-state index is -0.268. The highest BCUT2D eigenvalue weighted by Gasteiger charge is 2.30. The number of ether oxygens (including phenoxy) is 1. The van der Waals surface area contributed by atoms with E-state index in [1.54, 1.807) is 12.1 Å². The summed E-state index contributed by atoms with van der Waals surface area (Å²) in [5, 5.41) is 3.56. The number of rotatable bonds is 5. The smallest absolute Gasteiger partial charge is 0.165 e. The van der Waals surface area contributed by atoms with Gasteiger partial charge in [-0.1, -0.05) is 33.3 Å². The van der Waals surface area contributed by atoms with Gasteiger partial charge in [-0.15, -0.1) is 0 Å². The molecule has 2 rings (SSSR count). The molecule has 0 amide bonds. The second-order valence-electron chi connectivity index (χ2n) is 6.46. The Hall–Kier alpha value is -1.09. The van der Waals surface area contributed by atoms with Crippen LogP contribution in [0.5, 0.6) is 5.75 Å². The van der Waals surface area contributed by atoms with Crippen molar-refractivity contribution in [3.8, 4) is 5.75 Å². The molecule has 1 aliphatic carbocycles. The van der Waals surface area contributed by atoms with E-state index in [2.05, 4.69) is 26.1 Å². The van der Waals surface area contributed by atoms with Crippen molar-refractivity contribution in [3.63, 3.8) is 0 Å². The van der Waals surface area contributed by atoms with E-state index in [1.165, 1.54) is 26.4 Å². The van der Waals surface area contributed by atoms with Crippen molar-refractivity contribution in [1.82, 2.24) is 5.32 Å². The largest absolute Gasteiger partial charge is 0.494 e. The fourth-order valence-corrected chi connectivity index (χ4v) is 3.54. The van der Waals surface area contributed by atoms with E-state index < -0.39 is 0 Å². The zero-order valence-corrected chi connectivity index (χ0v) is 13.7. The molecule has 1 fully saturated rings. The molecule has 0 bridgehead atoms. The van der Waals surface area contributed by atoms with Crippen molar-refractivity contribution >= 4 is 0 Å². The lowest BCUT2D eigenvalue weighted by Gasteiger charge is -2.37. The molecule has 1 saturated carbocycles. The van der Waals surface area contributed by atoms with Crippen LogP contribution in [-0.2, 0) is 0 Å². The van der Waals surface area contributed by atoms with Gasteiger partial charge in [-0.3, -0.25) is 0 Å². The van der Waals surface area contributed by atoms with E-state index >= 15 is 0 Å². The van der Waals surface area contributed by atoms with E-state index in [-0.39, 0.29) is 11.9 Å². The van der Waals surface area contributed by atoms with Crippen LogP contribution in [0.2, 0.25) is 0 Å². The molecule has 0 aromatic heterocycles. The Kier molecular flexibility index (Phi) is 5.63. The van der Waals surface area contributed by atoms with Gasteiger partial charge in [0.05, 0.1) is 7.11 Å². The monoisotopic (exact) mass is 293 g/mol. The van der Waals surface area contributed by atoms with Gasteiger partial charge in [0.2, 0.25) is 0 Å². The summed E-state index contributed by atoms with van der Waals surface area (Å²) < 4.78 is 19.0. The van der Waals surface area contributed by atoms with Gasteiger partial charge < -0.3 is 10.1 Å². The summed E-state index contributed by atoms with van der Waals surface area (Å²) in [7, 11) is 1.50. The summed E-state index contributed by atoms with van der Waals surface area (Å²) in [5.41, 5.74) is 1.04. The third kappa shape index (κ3) is 3.76. The third-order valence-electron chi connectivity index (χ3n) is 5.07. The van der Waals surface area contributed by atoms with Crippen LogP contribution < -0.4 is 10.1 Å². The number of hydrogen-bond acceptors (Lipinski definition) is 2. The van der Waals surface area contributed by atoms with Crippen molar-refractivity contribution in [2.24, 2.45) is 17.8 Å². The summed E-state index contributed by atoms with van der Waals surface area (Å²) in [6.45, 7) is 7.70. The van der Waals surface area contributed by atoms with Gasteiger partial charge in [0, 0.05) is 6.04 Å². The number of methoxy groups -OCH3 is 1. The van der Waals surface area contributed by atoms with E-state index in [0.29, 0.717) is 11.7 Å². The van der Waals surface area contributed by atoms with Crippen molar-refractivity contribution in [3.05, 3.63) is 29.6 Å². The summed E-state index contributed by atoms with van der Waals surface area (Å²) in [5.74, 6) is 2.18. The Morgan fingerprint density at radius 1 is 1.29 bits per heavy atom. The van der Waals surface area contributed by atoms with Crippen LogP contribution in [0.15, 0.2) is 18.2 Å². The standard InChI is InChI=1S/C18H28FNO/c1-5-20-18(14-7-6-12(2)13(3)10-14)15-8-9-17(21-4)16(19)11-15/h8-9,11-14,18,20H,5-7,10H2,1-4H3. The molecule has 1 aliphatic rings. The maximum atomic E-state index is 14.0. The van der Waals surface area contributed by atoms with Gasteiger partial charge in [-0.25, -0.2) is 4.39 Å². The number of benzene rings is 1. The molecule has 21 heavy (non-hydrogen) atoms. The Morgan fingerprint density at radius 3 is 2.62 bits per heavy atom. The SMILES string of the molecule is CCNC(c1ccc(OC)c(F)c1)C1CCC(C)C(C)C1. The summed E-state index contributed by atoms with van der Waals surface area (Å²) in [6, 6.07) is 5.61. The molecular formula is C18H28FNO. The summed E-state index contributed by atoms with van der Waals surface area (Å²) in [6.07, 6.45) is 3.70. The molecule has 0 radical (unpaired) electrons. The molecule has 1 aromatic rings. The third-order valence-corrected chi connectivity index (χ3v) is 5.07. The molecule has 0 heterocycles. The van der Waals surface area contributed by atoms with E-state index in [4.69, 9.17) is 4.74 Å². The van der Waals surface area contributed by atoms with Crippen molar-refractivity contribution in [1.29, 1.82) is 0 Å². The molecule has 118 valence electrons. The van der Waals surface area contributed by atoms with Crippen LogP contribution in [0.25, 0.3) is 0 Å². The molecule has 0 spiro atoms. The highest BCUT2D eigenvalue weighted by molar-refractivity contribution is 5.31. The normalized spacial score (nSPS) is 27.4. The number of halogens is 1. The lowest BCUT2D eigenvalue weighted by atomic mass is 9.72. The van der Waals surface area contributed by atoms with Crippen molar-refractivity contribution in [2.75, 3.05) is 13.7 Å². The molecular weight excluding hydrogens is 265 g/mol. The van der Waals surface area contributed by atoms with Gasteiger partial charge in [0.15, 0.2) is 11.6 Å². The molecule has 0 aliphatic heterocycles. The average Bonchev–Trinajstić information content (AvgIpc) is 2.48. The van der Waals surface area contributed by atoms with Gasteiger partial charge >= 0.3 is 0 Å². The van der Waals surface area contributed by atoms with Crippen LogP contribution in [0.3, 0.4) is 0 Å². The Labute approximate surface area is 128 Å². The van der Waals surface area contributed by atoms with Crippen LogP contribution in [0, 0.1) is 23.6 Å².